The van der Waals surface area contributed by atoms with Gasteiger partial charge in [0, 0.05) is 31.2 Å². The molecule has 0 radical (unpaired) electrons. The van der Waals surface area contributed by atoms with Gasteiger partial charge in [-0.05, 0) is 32.8 Å². The molecule has 1 aliphatic rings. The summed E-state index contributed by atoms with van der Waals surface area (Å²) in [7, 11) is 0. The summed E-state index contributed by atoms with van der Waals surface area (Å²) in [5.41, 5.74) is 0.970. The molecule has 18 heavy (non-hydrogen) atoms. The van der Waals surface area contributed by atoms with Gasteiger partial charge in [-0.2, -0.15) is 5.10 Å². The zero-order valence-electron chi connectivity index (χ0n) is 11.5. The van der Waals surface area contributed by atoms with Crippen LogP contribution in [0.3, 0.4) is 0 Å². The summed E-state index contributed by atoms with van der Waals surface area (Å²) in [4.78, 5) is 0. The van der Waals surface area contributed by atoms with Gasteiger partial charge in [-0.1, -0.05) is 6.92 Å². The average Bonchev–Trinajstić information content (AvgIpc) is 2.96. The second-order valence-corrected chi connectivity index (χ2v) is 5.42. The Hall–Kier alpha value is -0.870. The Morgan fingerprint density at radius 1 is 1.56 bits per heavy atom. The van der Waals surface area contributed by atoms with Gasteiger partial charge in [0.05, 0.1) is 17.9 Å². The summed E-state index contributed by atoms with van der Waals surface area (Å²) < 4.78 is 7.57. The van der Waals surface area contributed by atoms with Crippen molar-refractivity contribution >= 4 is 0 Å². The van der Waals surface area contributed by atoms with E-state index in [0.29, 0.717) is 12.5 Å². The molecule has 3 unspecified atom stereocenters. The van der Waals surface area contributed by atoms with Gasteiger partial charge in [-0.25, -0.2) is 0 Å². The number of hydrogen-bond acceptors (Lipinski definition) is 3. The molecule has 1 aromatic rings. The number of aromatic nitrogens is 2. The van der Waals surface area contributed by atoms with Crippen LogP contribution in [0.2, 0.25) is 0 Å². The Balaban J connectivity index is 1.95. The first kappa shape index (κ1) is 13.6. The Morgan fingerprint density at radius 3 is 2.94 bits per heavy atom. The average molecular weight is 252 g/mol. The lowest BCUT2D eigenvalue weighted by atomic mass is 9.91. The molecule has 4 heteroatoms. The Bertz CT molecular complexity index is 376. The molecule has 1 saturated heterocycles. The molecular formula is C14H24N2O2. The molecule has 1 fully saturated rings. The van der Waals surface area contributed by atoms with Crippen LogP contribution in [0.4, 0.5) is 0 Å². The summed E-state index contributed by atoms with van der Waals surface area (Å²) in [6.45, 7) is 7.10. The maximum absolute atomic E-state index is 10.3. The molecule has 0 aliphatic carbocycles. The van der Waals surface area contributed by atoms with E-state index in [1.54, 1.807) is 0 Å². The van der Waals surface area contributed by atoms with Crippen molar-refractivity contribution in [2.75, 3.05) is 6.61 Å². The van der Waals surface area contributed by atoms with Crippen LogP contribution in [-0.2, 0) is 11.2 Å². The minimum Gasteiger partial charge on any atom is -0.392 e. The van der Waals surface area contributed by atoms with Crippen molar-refractivity contribution in [1.82, 2.24) is 9.78 Å². The topological polar surface area (TPSA) is 47.3 Å². The van der Waals surface area contributed by atoms with E-state index in [1.165, 1.54) is 0 Å². The predicted molar refractivity (Wildman–Crippen MR) is 70.5 cm³/mol. The number of ether oxygens (including phenoxy) is 1. The highest BCUT2D eigenvalue weighted by molar-refractivity contribution is 5.02. The molecular weight excluding hydrogens is 228 g/mol. The second-order valence-electron chi connectivity index (χ2n) is 5.42. The number of aliphatic hydroxyl groups is 1. The monoisotopic (exact) mass is 252 g/mol. The number of aliphatic hydroxyl groups excluding tert-OH is 1. The van der Waals surface area contributed by atoms with Crippen LogP contribution in [0.25, 0.3) is 0 Å². The van der Waals surface area contributed by atoms with Crippen molar-refractivity contribution in [3.63, 3.8) is 0 Å². The summed E-state index contributed by atoms with van der Waals surface area (Å²) in [5.74, 6) is 0.263. The van der Waals surface area contributed by atoms with Crippen molar-refractivity contribution in [1.29, 1.82) is 0 Å². The van der Waals surface area contributed by atoms with Gasteiger partial charge < -0.3 is 9.84 Å². The van der Waals surface area contributed by atoms with Crippen molar-refractivity contribution in [2.24, 2.45) is 5.92 Å². The van der Waals surface area contributed by atoms with Gasteiger partial charge in [-0.3, -0.25) is 4.68 Å². The Kier molecular flexibility index (Phi) is 4.40. The third-order valence-electron chi connectivity index (χ3n) is 3.77. The van der Waals surface area contributed by atoms with E-state index in [0.717, 1.165) is 25.1 Å². The van der Waals surface area contributed by atoms with E-state index in [4.69, 9.17) is 4.74 Å². The fraction of sp³-hybridized carbons (Fsp3) is 0.786. The zero-order chi connectivity index (χ0) is 13.1. The normalized spacial score (nSPS) is 25.8. The summed E-state index contributed by atoms with van der Waals surface area (Å²) in [5, 5.41) is 14.8. The molecule has 0 amide bonds. The maximum atomic E-state index is 10.3. The zero-order valence-corrected chi connectivity index (χ0v) is 11.5. The number of hydrogen-bond donors (Lipinski definition) is 1. The van der Waals surface area contributed by atoms with Crippen molar-refractivity contribution in [2.45, 2.75) is 58.3 Å². The van der Waals surface area contributed by atoms with Crippen LogP contribution in [0.5, 0.6) is 0 Å². The fourth-order valence-corrected chi connectivity index (χ4v) is 2.67. The molecule has 102 valence electrons. The highest BCUT2D eigenvalue weighted by Gasteiger charge is 2.32. The van der Waals surface area contributed by atoms with E-state index >= 15 is 0 Å². The maximum Gasteiger partial charge on any atom is 0.0650 e. The third kappa shape index (κ3) is 2.93. The van der Waals surface area contributed by atoms with E-state index in [9.17, 15) is 5.11 Å². The highest BCUT2D eigenvalue weighted by Crippen LogP contribution is 2.27. The molecule has 2 rings (SSSR count). The predicted octanol–water partition coefficient (Wildman–Crippen LogP) is 2.18. The highest BCUT2D eigenvalue weighted by atomic mass is 16.5. The van der Waals surface area contributed by atoms with Crippen LogP contribution in [0.15, 0.2) is 12.3 Å². The van der Waals surface area contributed by atoms with Gasteiger partial charge in [-0.15, -0.1) is 0 Å². The second kappa shape index (κ2) is 5.85. The molecule has 0 bridgehead atoms. The van der Waals surface area contributed by atoms with Crippen LogP contribution in [0.1, 0.15) is 45.3 Å². The van der Waals surface area contributed by atoms with Crippen molar-refractivity contribution in [3.05, 3.63) is 18.0 Å². The lowest BCUT2D eigenvalue weighted by Crippen LogP contribution is -2.29. The van der Waals surface area contributed by atoms with Gasteiger partial charge >= 0.3 is 0 Å². The van der Waals surface area contributed by atoms with Crippen LogP contribution >= 0.6 is 0 Å². The SMILES string of the molecule is CCC1OCCC1C(O)Cc1ccn(C(C)C)n1. The first-order chi connectivity index (χ1) is 8.61. The lowest BCUT2D eigenvalue weighted by molar-refractivity contribution is 0.0313. The van der Waals surface area contributed by atoms with Crippen LogP contribution in [0, 0.1) is 5.92 Å². The minimum absolute atomic E-state index is 0.215. The third-order valence-corrected chi connectivity index (χ3v) is 3.77. The molecule has 1 aromatic heterocycles. The van der Waals surface area contributed by atoms with E-state index in [2.05, 4.69) is 25.9 Å². The molecule has 2 heterocycles. The van der Waals surface area contributed by atoms with E-state index in [-0.39, 0.29) is 18.1 Å². The minimum atomic E-state index is -0.340. The summed E-state index contributed by atoms with van der Waals surface area (Å²) >= 11 is 0. The number of rotatable bonds is 5. The fourth-order valence-electron chi connectivity index (χ4n) is 2.67. The van der Waals surface area contributed by atoms with E-state index < -0.39 is 0 Å². The van der Waals surface area contributed by atoms with Gasteiger partial charge in [0.25, 0.3) is 0 Å². The lowest BCUT2D eigenvalue weighted by Gasteiger charge is -2.22. The van der Waals surface area contributed by atoms with Gasteiger partial charge in [0.2, 0.25) is 0 Å². The molecule has 4 nitrogen and oxygen atoms in total. The van der Waals surface area contributed by atoms with Gasteiger partial charge in [0.1, 0.15) is 0 Å². The molecule has 3 atom stereocenters. The first-order valence-electron chi connectivity index (χ1n) is 6.95. The Morgan fingerprint density at radius 2 is 2.33 bits per heavy atom. The van der Waals surface area contributed by atoms with E-state index in [1.807, 2.05) is 16.9 Å². The van der Waals surface area contributed by atoms with Crippen molar-refractivity contribution in [3.8, 4) is 0 Å². The van der Waals surface area contributed by atoms with Crippen LogP contribution in [-0.4, -0.2) is 33.7 Å². The van der Waals surface area contributed by atoms with Crippen molar-refractivity contribution < 1.29 is 9.84 Å². The molecule has 0 spiro atoms. The smallest absolute Gasteiger partial charge is 0.0650 e. The molecule has 0 aromatic carbocycles. The first-order valence-corrected chi connectivity index (χ1v) is 6.95. The standard InChI is InChI=1S/C14H24N2O2/c1-4-14-12(6-8-18-14)13(17)9-11-5-7-16(15-11)10(2)3/h5,7,10,12-14,17H,4,6,8-9H2,1-3H3. The summed E-state index contributed by atoms with van der Waals surface area (Å²) in [6, 6.07) is 2.37. The molecule has 1 N–H and O–H groups in total. The quantitative estimate of drug-likeness (QED) is 0.873. The Labute approximate surface area is 109 Å². The van der Waals surface area contributed by atoms with Crippen LogP contribution < -0.4 is 0 Å². The largest absolute Gasteiger partial charge is 0.392 e. The van der Waals surface area contributed by atoms with Gasteiger partial charge in [0.15, 0.2) is 0 Å². The molecule has 0 saturated carbocycles. The molecule has 1 aliphatic heterocycles. The number of nitrogens with zero attached hydrogens (tertiary/aromatic N) is 2. The summed E-state index contributed by atoms with van der Waals surface area (Å²) in [6.07, 6.45) is 4.42.